The third-order valence-corrected chi connectivity index (χ3v) is 3.02. The van der Waals surface area contributed by atoms with E-state index in [-0.39, 0.29) is 0 Å². The van der Waals surface area contributed by atoms with Crippen LogP contribution in [0.25, 0.3) is 10.9 Å². The molecule has 1 heterocycles. The maximum atomic E-state index is 9.25. The van der Waals surface area contributed by atoms with E-state index < -0.39 is 0 Å². The summed E-state index contributed by atoms with van der Waals surface area (Å²) in [4.78, 5) is 6.85. The molecule has 0 fully saturated rings. The van der Waals surface area contributed by atoms with E-state index in [4.69, 9.17) is 0 Å². The fourth-order valence-corrected chi connectivity index (χ4v) is 2.12. The summed E-state index contributed by atoms with van der Waals surface area (Å²) in [5, 5.41) is 10.2. The lowest BCUT2D eigenvalue weighted by Crippen LogP contribution is -2.24. The minimum atomic E-state index is 0.699. The minimum Gasteiger partial charge on any atom is -0.357 e. The van der Waals surface area contributed by atoms with E-state index in [2.05, 4.69) is 29.8 Å². The molecular formula is C15H17N3. The number of benzene rings is 1. The zero-order valence-corrected chi connectivity index (χ0v) is 10.8. The molecule has 92 valence electrons. The Morgan fingerprint density at radius 3 is 2.72 bits per heavy atom. The van der Waals surface area contributed by atoms with Crippen LogP contribution >= 0.6 is 0 Å². The highest BCUT2D eigenvalue weighted by molar-refractivity contribution is 5.86. The van der Waals surface area contributed by atoms with Crippen LogP contribution in [0.15, 0.2) is 30.3 Å². The fourth-order valence-electron chi connectivity index (χ4n) is 2.12. The highest BCUT2D eigenvalue weighted by Gasteiger charge is 2.09. The van der Waals surface area contributed by atoms with E-state index >= 15 is 0 Å². The van der Waals surface area contributed by atoms with Crippen LogP contribution in [-0.2, 0) is 0 Å². The van der Waals surface area contributed by atoms with Crippen LogP contribution in [0.2, 0.25) is 0 Å². The Morgan fingerprint density at radius 2 is 2.06 bits per heavy atom. The van der Waals surface area contributed by atoms with E-state index in [0.29, 0.717) is 5.56 Å². The zero-order chi connectivity index (χ0) is 13.0. The standard InChI is InChI=1S/C15H17N3/c1-3-9-18(4-2)15-10-12(11-16)13-7-5-6-8-14(13)17-15/h5-8,10H,3-4,9H2,1-2H3. The van der Waals surface area contributed by atoms with Gasteiger partial charge in [0.1, 0.15) is 5.82 Å². The molecule has 1 aromatic carbocycles. The Bertz CT molecular complexity index is 584. The first kappa shape index (κ1) is 12.4. The number of nitrogens with zero attached hydrogens (tertiary/aromatic N) is 3. The van der Waals surface area contributed by atoms with Crippen molar-refractivity contribution in [3.05, 3.63) is 35.9 Å². The van der Waals surface area contributed by atoms with Crippen LogP contribution in [0.1, 0.15) is 25.8 Å². The third kappa shape index (κ3) is 2.28. The van der Waals surface area contributed by atoms with E-state index in [1.807, 2.05) is 30.3 Å². The lowest BCUT2D eigenvalue weighted by molar-refractivity contribution is 0.780. The van der Waals surface area contributed by atoms with Crippen molar-refractivity contribution in [1.82, 2.24) is 4.98 Å². The molecule has 2 rings (SSSR count). The van der Waals surface area contributed by atoms with Gasteiger partial charge in [-0.2, -0.15) is 5.26 Å². The second kappa shape index (κ2) is 5.50. The molecule has 0 radical (unpaired) electrons. The molecular weight excluding hydrogens is 222 g/mol. The number of para-hydroxylation sites is 1. The number of aromatic nitrogens is 1. The van der Waals surface area contributed by atoms with Gasteiger partial charge in [-0.25, -0.2) is 4.98 Å². The van der Waals surface area contributed by atoms with Crippen LogP contribution < -0.4 is 4.90 Å². The number of hydrogen-bond acceptors (Lipinski definition) is 3. The van der Waals surface area contributed by atoms with Gasteiger partial charge in [0.15, 0.2) is 0 Å². The highest BCUT2D eigenvalue weighted by atomic mass is 15.2. The van der Waals surface area contributed by atoms with Gasteiger partial charge >= 0.3 is 0 Å². The molecule has 0 atom stereocenters. The Balaban J connectivity index is 2.56. The first-order valence-corrected chi connectivity index (χ1v) is 6.35. The van der Waals surface area contributed by atoms with Crippen LogP contribution in [0.3, 0.4) is 0 Å². The summed E-state index contributed by atoms with van der Waals surface area (Å²) in [6.45, 7) is 6.13. The van der Waals surface area contributed by atoms with Crippen molar-refractivity contribution in [2.45, 2.75) is 20.3 Å². The fraction of sp³-hybridized carbons (Fsp3) is 0.333. The summed E-state index contributed by atoms with van der Waals surface area (Å²) < 4.78 is 0. The van der Waals surface area contributed by atoms with Crippen molar-refractivity contribution in [3.63, 3.8) is 0 Å². The van der Waals surface area contributed by atoms with Gasteiger partial charge in [-0.1, -0.05) is 25.1 Å². The molecule has 0 N–H and O–H groups in total. The molecule has 3 heteroatoms. The number of hydrogen-bond donors (Lipinski definition) is 0. The van der Waals surface area contributed by atoms with Gasteiger partial charge in [-0.3, -0.25) is 0 Å². The summed E-state index contributed by atoms with van der Waals surface area (Å²) >= 11 is 0. The average Bonchev–Trinajstić information content (AvgIpc) is 2.43. The van der Waals surface area contributed by atoms with Crippen LogP contribution in [0.4, 0.5) is 5.82 Å². The summed E-state index contributed by atoms with van der Waals surface area (Å²) in [6, 6.07) is 12.0. The molecule has 3 nitrogen and oxygen atoms in total. The SMILES string of the molecule is CCCN(CC)c1cc(C#N)c2ccccc2n1. The van der Waals surface area contributed by atoms with Crippen LogP contribution in [-0.4, -0.2) is 18.1 Å². The molecule has 0 amide bonds. The monoisotopic (exact) mass is 239 g/mol. The summed E-state index contributed by atoms with van der Waals surface area (Å²) in [6.07, 6.45) is 1.07. The van der Waals surface area contributed by atoms with E-state index in [1.165, 1.54) is 0 Å². The Morgan fingerprint density at radius 1 is 1.28 bits per heavy atom. The lowest BCUT2D eigenvalue weighted by Gasteiger charge is -2.21. The second-order valence-corrected chi connectivity index (χ2v) is 4.24. The molecule has 1 aromatic heterocycles. The molecule has 0 saturated carbocycles. The molecule has 0 saturated heterocycles. The third-order valence-electron chi connectivity index (χ3n) is 3.02. The van der Waals surface area contributed by atoms with Crippen molar-refractivity contribution in [2.24, 2.45) is 0 Å². The molecule has 0 aliphatic carbocycles. The lowest BCUT2D eigenvalue weighted by atomic mass is 10.1. The maximum Gasteiger partial charge on any atom is 0.130 e. The zero-order valence-electron chi connectivity index (χ0n) is 10.8. The van der Waals surface area contributed by atoms with Crippen LogP contribution in [0, 0.1) is 11.3 Å². The number of pyridine rings is 1. The smallest absolute Gasteiger partial charge is 0.130 e. The van der Waals surface area contributed by atoms with Gasteiger partial charge in [-0.05, 0) is 25.5 Å². The average molecular weight is 239 g/mol. The van der Waals surface area contributed by atoms with E-state index in [9.17, 15) is 5.26 Å². The normalized spacial score (nSPS) is 10.3. The Labute approximate surface area is 108 Å². The van der Waals surface area contributed by atoms with Crippen molar-refractivity contribution in [1.29, 1.82) is 5.26 Å². The molecule has 0 aliphatic rings. The first-order chi connectivity index (χ1) is 8.80. The highest BCUT2D eigenvalue weighted by Crippen LogP contribution is 2.22. The van der Waals surface area contributed by atoms with Gasteiger partial charge in [0.05, 0.1) is 17.1 Å². The van der Waals surface area contributed by atoms with Gasteiger partial charge in [-0.15, -0.1) is 0 Å². The Kier molecular flexibility index (Phi) is 3.78. The van der Waals surface area contributed by atoms with Gasteiger partial charge < -0.3 is 4.90 Å². The second-order valence-electron chi connectivity index (χ2n) is 4.24. The summed E-state index contributed by atoms with van der Waals surface area (Å²) in [5.74, 6) is 0.898. The predicted molar refractivity (Wildman–Crippen MR) is 74.6 cm³/mol. The van der Waals surface area contributed by atoms with E-state index in [1.54, 1.807) is 0 Å². The predicted octanol–water partition coefficient (Wildman–Crippen LogP) is 3.34. The topological polar surface area (TPSA) is 39.9 Å². The van der Waals surface area contributed by atoms with Crippen molar-refractivity contribution < 1.29 is 0 Å². The Hall–Kier alpha value is -2.08. The summed E-state index contributed by atoms with van der Waals surface area (Å²) in [7, 11) is 0. The largest absolute Gasteiger partial charge is 0.357 e. The first-order valence-electron chi connectivity index (χ1n) is 6.35. The van der Waals surface area contributed by atoms with Crippen molar-refractivity contribution in [3.8, 4) is 6.07 Å². The van der Waals surface area contributed by atoms with Gasteiger partial charge in [0, 0.05) is 18.5 Å². The number of rotatable bonds is 4. The molecule has 18 heavy (non-hydrogen) atoms. The van der Waals surface area contributed by atoms with Crippen molar-refractivity contribution >= 4 is 16.7 Å². The summed E-state index contributed by atoms with van der Waals surface area (Å²) in [5.41, 5.74) is 1.59. The molecule has 0 aliphatic heterocycles. The van der Waals surface area contributed by atoms with Gasteiger partial charge in [0.25, 0.3) is 0 Å². The molecule has 0 bridgehead atoms. The molecule has 0 unspecified atom stereocenters. The van der Waals surface area contributed by atoms with Crippen LogP contribution in [0.5, 0.6) is 0 Å². The number of fused-ring (bicyclic) bond motifs is 1. The minimum absolute atomic E-state index is 0.699. The van der Waals surface area contributed by atoms with E-state index in [0.717, 1.165) is 36.2 Å². The number of nitriles is 1. The molecule has 2 aromatic rings. The number of anilines is 1. The quantitative estimate of drug-likeness (QED) is 0.821. The molecule has 0 spiro atoms. The maximum absolute atomic E-state index is 9.25. The van der Waals surface area contributed by atoms with Gasteiger partial charge in [0.2, 0.25) is 0 Å². The van der Waals surface area contributed by atoms with Crippen molar-refractivity contribution in [2.75, 3.05) is 18.0 Å².